The highest BCUT2D eigenvalue weighted by Gasteiger charge is 2.31. The van der Waals surface area contributed by atoms with Crippen molar-refractivity contribution in [2.75, 3.05) is 6.54 Å². The maximum absolute atomic E-state index is 12.8. The monoisotopic (exact) mass is 430 g/mol. The van der Waals surface area contributed by atoms with Gasteiger partial charge < -0.3 is 31.9 Å². The minimum atomic E-state index is -1.23. The quantitative estimate of drug-likeness (QED) is 0.211. The second-order valence-corrected chi connectivity index (χ2v) is 7.71. The van der Waals surface area contributed by atoms with E-state index in [1.165, 1.54) is 0 Å². The smallest absolute Gasteiger partial charge is 0.322 e. The van der Waals surface area contributed by atoms with Crippen LogP contribution in [0.1, 0.15) is 53.4 Å². The van der Waals surface area contributed by atoms with Crippen molar-refractivity contribution in [1.29, 1.82) is 0 Å². The molecule has 0 heterocycles. The minimum absolute atomic E-state index is 0.143. The molecule has 172 valence electrons. The van der Waals surface area contributed by atoms with Gasteiger partial charge in [-0.1, -0.05) is 34.1 Å². The Bertz CT molecular complexity index is 624. The Morgan fingerprint density at radius 3 is 1.97 bits per heavy atom. The summed E-state index contributed by atoms with van der Waals surface area (Å²) in [6, 6.07) is -3.12. The van der Waals surface area contributed by atoms with Crippen LogP contribution in [0.5, 0.6) is 0 Å². The third-order valence-corrected chi connectivity index (χ3v) is 4.55. The summed E-state index contributed by atoms with van der Waals surface area (Å²) in [5.41, 5.74) is 5.83. The van der Waals surface area contributed by atoms with Crippen LogP contribution in [-0.2, 0) is 24.0 Å². The van der Waals surface area contributed by atoms with Crippen LogP contribution in [0, 0.1) is 11.8 Å². The van der Waals surface area contributed by atoms with Crippen molar-refractivity contribution < 1.29 is 34.2 Å². The first-order chi connectivity index (χ1) is 13.9. The van der Waals surface area contributed by atoms with E-state index in [1.54, 1.807) is 13.8 Å². The topological polar surface area (TPSA) is 188 Å². The van der Waals surface area contributed by atoms with E-state index in [-0.39, 0.29) is 24.7 Å². The third kappa shape index (κ3) is 10.7. The second kappa shape index (κ2) is 13.5. The summed E-state index contributed by atoms with van der Waals surface area (Å²) in [4.78, 5) is 59.0. The fraction of sp³-hybridized carbons (Fsp3) is 0.737. The lowest BCUT2D eigenvalue weighted by molar-refractivity contribution is -0.139. The summed E-state index contributed by atoms with van der Waals surface area (Å²) in [6.45, 7) is 6.66. The number of carbonyl (C=O) groups excluding carboxylic acids is 3. The number of hydrogen-bond acceptors (Lipinski definition) is 6. The fourth-order valence-corrected chi connectivity index (χ4v) is 2.66. The maximum atomic E-state index is 12.8. The van der Waals surface area contributed by atoms with Gasteiger partial charge in [0.1, 0.15) is 18.6 Å². The summed E-state index contributed by atoms with van der Waals surface area (Å²) in [5, 5.41) is 24.9. The van der Waals surface area contributed by atoms with Crippen molar-refractivity contribution in [2.45, 2.75) is 71.5 Å². The number of nitrogens with one attached hydrogen (secondary N) is 3. The number of carboxylic acids is 2. The number of aliphatic carboxylic acids is 2. The molecule has 0 radical (unpaired) electrons. The first kappa shape index (κ1) is 27.3. The van der Waals surface area contributed by atoms with Crippen LogP contribution in [0.25, 0.3) is 0 Å². The second-order valence-electron chi connectivity index (χ2n) is 7.71. The molecule has 0 aromatic heterocycles. The maximum Gasteiger partial charge on any atom is 0.322 e. The van der Waals surface area contributed by atoms with Gasteiger partial charge in [0.25, 0.3) is 0 Å². The largest absolute Gasteiger partial charge is 0.481 e. The van der Waals surface area contributed by atoms with Gasteiger partial charge in [0.05, 0.1) is 6.04 Å². The molecule has 0 aromatic rings. The van der Waals surface area contributed by atoms with Gasteiger partial charge in [0, 0.05) is 6.42 Å². The Balaban J connectivity index is 5.36. The van der Waals surface area contributed by atoms with Gasteiger partial charge in [-0.15, -0.1) is 0 Å². The van der Waals surface area contributed by atoms with E-state index in [9.17, 15) is 24.0 Å². The van der Waals surface area contributed by atoms with Gasteiger partial charge in [0.15, 0.2) is 0 Å². The highest BCUT2D eigenvalue weighted by molar-refractivity contribution is 5.94. The highest BCUT2D eigenvalue weighted by Crippen LogP contribution is 2.10. The lowest BCUT2D eigenvalue weighted by Gasteiger charge is -2.27. The molecule has 3 amide bonds. The number of carbonyl (C=O) groups is 5. The van der Waals surface area contributed by atoms with Gasteiger partial charge in [-0.3, -0.25) is 24.0 Å². The molecule has 0 rings (SSSR count). The molecule has 0 aliphatic rings. The molecular formula is C19H34N4O7. The van der Waals surface area contributed by atoms with Crippen LogP contribution in [0.3, 0.4) is 0 Å². The van der Waals surface area contributed by atoms with Crippen LogP contribution in [-0.4, -0.2) is 64.5 Å². The van der Waals surface area contributed by atoms with E-state index in [4.69, 9.17) is 15.9 Å². The SMILES string of the molecule is CCC(C)C(NC(=O)C(CCC(=O)O)NC(=O)C(N)CC(C)C)C(=O)NCC(=O)O. The van der Waals surface area contributed by atoms with Crippen LogP contribution in [0.4, 0.5) is 0 Å². The standard InChI is InChI=1S/C19H34N4O7/c1-5-11(4)16(19(30)21-9-15(26)27)23-18(29)13(6-7-14(24)25)22-17(28)12(20)8-10(2)3/h10-13,16H,5-9,20H2,1-4H3,(H,21,30)(H,22,28)(H,23,29)(H,24,25)(H,26,27). The zero-order chi connectivity index (χ0) is 23.4. The van der Waals surface area contributed by atoms with Crippen molar-refractivity contribution in [3.8, 4) is 0 Å². The number of rotatable bonds is 14. The molecule has 30 heavy (non-hydrogen) atoms. The van der Waals surface area contributed by atoms with Gasteiger partial charge in [-0.2, -0.15) is 0 Å². The van der Waals surface area contributed by atoms with Crippen LogP contribution in [0.15, 0.2) is 0 Å². The number of carboxylic acid groups (broad SMARTS) is 2. The lowest BCUT2D eigenvalue weighted by atomic mass is 9.97. The molecule has 4 atom stereocenters. The van der Waals surface area contributed by atoms with Gasteiger partial charge >= 0.3 is 11.9 Å². The van der Waals surface area contributed by atoms with E-state index in [2.05, 4.69) is 16.0 Å². The zero-order valence-electron chi connectivity index (χ0n) is 17.9. The first-order valence-corrected chi connectivity index (χ1v) is 9.96. The van der Waals surface area contributed by atoms with Crippen LogP contribution >= 0.6 is 0 Å². The number of amides is 3. The fourth-order valence-electron chi connectivity index (χ4n) is 2.66. The zero-order valence-corrected chi connectivity index (χ0v) is 17.9. The van der Waals surface area contributed by atoms with Gasteiger partial charge in [-0.25, -0.2) is 0 Å². The number of hydrogen-bond donors (Lipinski definition) is 6. The first-order valence-electron chi connectivity index (χ1n) is 9.96. The molecular weight excluding hydrogens is 396 g/mol. The lowest BCUT2D eigenvalue weighted by Crippen LogP contribution is -2.57. The Labute approximate surface area is 176 Å². The van der Waals surface area contributed by atoms with Gasteiger partial charge in [-0.05, 0) is 24.7 Å². The molecule has 0 saturated heterocycles. The van der Waals surface area contributed by atoms with E-state index in [0.29, 0.717) is 12.8 Å². The molecule has 0 aliphatic carbocycles. The van der Waals surface area contributed by atoms with Crippen molar-refractivity contribution in [3.63, 3.8) is 0 Å². The average molecular weight is 431 g/mol. The molecule has 0 bridgehead atoms. The molecule has 0 aromatic carbocycles. The minimum Gasteiger partial charge on any atom is -0.481 e. The average Bonchev–Trinajstić information content (AvgIpc) is 2.65. The summed E-state index contributed by atoms with van der Waals surface area (Å²) >= 11 is 0. The Hall–Kier alpha value is -2.69. The Kier molecular flexibility index (Phi) is 12.3. The molecule has 11 heteroatoms. The predicted octanol–water partition coefficient (Wildman–Crippen LogP) is -0.559. The van der Waals surface area contributed by atoms with E-state index < -0.39 is 54.3 Å². The summed E-state index contributed by atoms with van der Waals surface area (Å²) in [6.07, 6.45) is 0.325. The predicted molar refractivity (Wildman–Crippen MR) is 108 cm³/mol. The van der Waals surface area contributed by atoms with Crippen molar-refractivity contribution in [2.24, 2.45) is 17.6 Å². The summed E-state index contributed by atoms with van der Waals surface area (Å²) in [5.74, 6) is -4.58. The van der Waals surface area contributed by atoms with E-state index >= 15 is 0 Å². The Morgan fingerprint density at radius 1 is 0.900 bits per heavy atom. The number of nitrogens with two attached hydrogens (primary N) is 1. The molecule has 7 N–H and O–H groups in total. The summed E-state index contributed by atoms with van der Waals surface area (Å²) < 4.78 is 0. The highest BCUT2D eigenvalue weighted by atomic mass is 16.4. The third-order valence-electron chi connectivity index (χ3n) is 4.55. The molecule has 0 saturated carbocycles. The Morgan fingerprint density at radius 2 is 1.50 bits per heavy atom. The van der Waals surface area contributed by atoms with E-state index in [0.717, 1.165) is 0 Å². The van der Waals surface area contributed by atoms with Gasteiger partial charge in [0.2, 0.25) is 17.7 Å². The molecule has 4 unspecified atom stereocenters. The normalized spacial score (nSPS) is 14.9. The van der Waals surface area contributed by atoms with Crippen molar-refractivity contribution in [3.05, 3.63) is 0 Å². The molecule has 11 nitrogen and oxygen atoms in total. The van der Waals surface area contributed by atoms with E-state index in [1.807, 2.05) is 13.8 Å². The molecule has 0 fully saturated rings. The summed E-state index contributed by atoms with van der Waals surface area (Å²) in [7, 11) is 0. The molecule has 0 spiro atoms. The van der Waals surface area contributed by atoms with Crippen molar-refractivity contribution >= 4 is 29.7 Å². The van der Waals surface area contributed by atoms with Crippen LogP contribution in [0.2, 0.25) is 0 Å². The van der Waals surface area contributed by atoms with Crippen molar-refractivity contribution in [1.82, 2.24) is 16.0 Å². The molecule has 0 aliphatic heterocycles. The van der Waals surface area contributed by atoms with Crippen LogP contribution < -0.4 is 21.7 Å².